The van der Waals surface area contributed by atoms with Crippen molar-refractivity contribution >= 4 is 32.5 Å². The summed E-state index contributed by atoms with van der Waals surface area (Å²) >= 11 is 1.47. The van der Waals surface area contributed by atoms with Crippen LogP contribution in [0.2, 0.25) is 0 Å². The van der Waals surface area contributed by atoms with Crippen molar-refractivity contribution in [1.82, 2.24) is 29.6 Å². The van der Waals surface area contributed by atoms with Crippen molar-refractivity contribution in [2.75, 3.05) is 26.9 Å². The van der Waals surface area contributed by atoms with Crippen molar-refractivity contribution in [1.29, 1.82) is 0 Å². The number of aromatic nitrogens is 5. The monoisotopic (exact) mass is 586 g/mol. The molecule has 5 heterocycles. The average Bonchev–Trinajstić information content (AvgIpc) is 3.72. The van der Waals surface area contributed by atoms with Crippen LogP contribution >= 0.6 is 11.3 Å². The quantitative estimate of drug-likeness (QED) is 0.220. The van der Waals surface area contributed by atoms with Gasteiger partial charge in [0.25, 0.3) is 0 Å². The molecular weight excluding hydrogens is 558 g/mol. The van der Waals surface area contributed by atoms with Gasteiger partial charge in [-0.2, -0.15) is 5.10 Å². The summed E-state index contributed by atoms with van der Waals surface area (Å²) < 4.78 is 46.2. The van der Waals surface area contributed by atoms with E-state index in [0.29, 0.717) is 23.5 Å². The smallest absolute Gasteiger partial charge is 0.137 e. The Labute approximate surface area is 244 Å². The zero-order valence-corrected chi connectivity index (χ0v) is 24.1. The van der Waals surface area contributed by atoms with E-state index in [1.807, 2.05) is 52.0 Å². The second-order valence-electron chi connectivity index (χ2n) is 10.4. The molecular formula is C31H28F2N6O2S. The molecule has 0 saturated heterocycles. The molecule has 1 N–H and O–H groups in total. The third-order valence-electron chi connectivity index (χ3n) is 7.69. The van der Waals surface area contributed by atoms with Crippen LogP contribution in [0.3, 0.4) is 0 Å². The van der Waals surface area contributed by atoms with Crippen LogP contribution in [0.15, 0.2) is 54.2 Å². The third kappa shape index (κ3) is 4.44. The molecule has 11 heteroatoms. The number of rotatable bonds is 7. The van der Waals surface area contributed by atoms with Crippen molar-refractivity contribution in [2.45, 2.75) is 19.5 Å². The number of pyridine rings is 1. The molecule has 0 unspecified atom stereocenters. The maximum atomic E-state index is 15.9. The van der Waals surface area contributed by atoms with E-state index in [0.717, 1.165) is 50.7 Å². The van der Waals surface area contributed by atoms with E-state index < -0.39 is 11.6 Å². The Morgan fingerprint density at radius 1 is 1.07 bits per heavy atom. The zero-order valence-electron chi connectivity index (χ0n) is 23.3. The van der Waals surface area contributed by atoms with Crippen LogP contribution in [0.4, 0.5) is 8.78 Å². The minimum atomic E-state index is -0.734. The molecule has 214 valence electrons. The Balaban J connectivity index is 1.53. The summed E-state index contributed by atoms with van der Waals surface area (Å²) in [6.07, 6.45) is 1.78. The number of hydrogen-bond donors (Lipinski definition) is 1. The van der Waals surface area contributed by atoms with Crippen molar-refractivity contribution in [2.24, 2.45) is 7.05 Å². The number of benzene rings is 2. The number of ether oxygens (including phenoxy) is 2. The van der Waals surface area contributed by atoms with Crippen LogP contribution in [-0.2, 0) is 18.3 Å². The van der Waals surface area contributed by atoms with E-state index >= 15 is 4.39 Å². The van der Waals surface area contributed by atoms with Gasteiger partial charge < -0.3 is 19.4 Å². The van der Waals surface area contributed by atoms with E-state index in [2.05, 4.69) is 17.2 Å². The second kappa shape index (κ2) is 10.6. The Morgan fingerprint density at radius 3 is 2.79 bits per heavy atom. The molecule has 7 rings (SSSR count). The average molecular weight is 587 g/mol. The van der Waals surface area contributed by atoms with Crippen molar-refractivity contribution in [3.8, 4) is 39.5 Å². The molecule has 0 aliphatic carbocycles. The van der Waals surface area contributed by atoms with Crippen LogP contribution in [0.25, 0.3) is 54.9 Å². The van der Waals surface area contributed by atoms with Gasteiger partial charge in [-0.05, 0) is 36.6 Å². The van der Waals surface area contributed by atoms with Crippen LogP contribution in [0, 0.1) is 11.6 Å². The first-order valence-corrected chi connectivity index (χ1v) is 14.6. The standard InChI is InChI=1S/C31H28F2N6O2S/c1-17-25-15-23(37-39(25)8-7-34-17)30-28(27-21(33)13-19(32)14-26(27)41-10-9-40-3)31-20(6-11-42-31)29(36-30)18-4-5-24-22(12-18)35-16-38(24)2/h4-6,11-17,34H,7-10H2,1-3H3/t17-/m1/s1. The summed E-state index contributed by atoms with van der Waals surface area (Å²) in [4.78, 5) is 9.75. The van der Waals surface area contributed by atoms with Crippen molar-refractivity contribution in [3.63, 3.8) is 0 Å². The van der Waals surface area contributed by atoms with Crippen LogP contribution in [0.1, 0.15) is 18.7 Å². The molecule has 8 nitrogen and oxygen atoms in total. The highest BCUT2D eigenvalue weighted by Crippen LogP contribution is 2.47. The lowest BCUT2D eigenvalue weighted by Gasteiger charge is -2.21. The normalized spacial score (nSPS) is 15.0. The molecule has 1 aliphatic rings. The lowest BCUT2D eigenvalue weighted by molar-refractivity contribution is 0.146. The second-order valence-corrected chi connectivity index (χ2v) is 11.3. The van der Waals surface area contributed by atoms with Gasteiger partial charge in [0.05, 0.1) is 47.5 Å². The Kier molecular flexibility index (Phi) is 6.72. The summed E-state index contributed by atoms with van der Waals surface area (Å²) in [5.74, 6) is -1.37. The lowest BCUT2D eigenvalue weighted by Crippen LogP contribution is -2.31. The Bertz CT molecular complexity index is 1960. The molecule has 2 aromatic carbocycles. The van der Waals surface area contributed by atoms with Gasteiger partial charge in [0, 0.05) is 60.1 Å². The number of thiophene rings is 1. The van der Waals surface area contributed by atoms with Gasteiger partial charge in [0.1, 0.15) is 35.4 Å². The molecule has 0 amide bonds. The van der Waals surface area contributed by atoms with Gasteiger partial charge in [-0.25, -0.2) is 18.7 Å². The fourth-order valence-electron chi connectivity index (χ4n) is 5.65. The maximum Gasteiger partial charge on any atom is 0.137 e. The Morgan fingerprint density at radius 2 is 1.95 bits per heavy atom. The van der Waals surface area contributed by atoms with Gasteiger partial charge in [-0.15, -0.1) is 11.3 Å². The minimum Gasteiger partial charge on any atom is -0.490 e. The van der Waals surface area contributed by atoms with Crippen molar-refractivity contribution < 1.29 is 18.3 Å². The van der Waals surface area contributed by atoms with Gasteiger partial charge in [0.2, 0.25) is 0 Å². The largest absolute Gasteiger partial charge is 0.490 e. The van der Waals surface area contributed by atoms with Gasteiger partial charge in [-0.1, -0.05) is 6.07 Å². The number of fused-ring (bicyclic) bond motifs is 3. The third-order valence-corrected chi connectivity index (χ3v) is 8.62. The highest BCUT2D eigenvalue weighted by Gasteiger charge is 2.28. The van der Waals surface area contributed by atoms with Crippen LogP contribution < -0.4 is 10.1 Å². The summed E-state index contributed by atoms with van der Waals surface area (Å²) in [5, 5.41) is 11.2. The van der Waals surface area contributed by atoms with E-state index in [9.17, 15) is 4.39 Å². The summed E-state index contributed by atoms with van der Waals surface area (Å²) in [6.45, 7) is 3.98. The molecule has 0 spiro atoms. The fourth-order valence-corrected chi connectivity index (χ4v) is 6.60. The number of halogens is 2. The van der Waals surface area contributed by atoms with Crippen LogP contribution in [-0.4, -0.2) is 51.2 Å². The van der Waals surface area contributed by atoms with E-state index in [-0.39, 0.29) is 30.6 Å². The molecule has 0 saturated carbocycles. The molecule has 6 aromatic rings. The molecule has 1 aliphatic heterocycles. The number of nitrogens with zero attached hydrogens (tertiary/aromatic N) is 5. The van der Waals surface area contributed by atoms with E-state index in [1.165, 1.54) is 17.4 Å². The first kappa shape index (κ1) is 26.7. The molecule has 42 heavy (non-hydrogen) atoms. The van der Waals surface area contributed by atoms with Crippen molar-refractivity contribution in [3.05, 3.63) is 71.5 Å². The first-order valence-electron chi connectivity index (χ1n) is 13.7. The number of methoxy groups -OCH3 is 1. The number of imidazole rings is 1. The minimum absolute atomic E-state index is 0.0870. The van der Waals surface area contributed by atoms with Gasteiger partial charge in [-0.3, -0.25) is 4.68 Å². The van der Waals surface area contributed by atoms with E-state index in [1.54, 1.807) is 13.4 Å². The van der Waals surface area contributed by atoms with Gasteiger partial charge in [0.15, 0.2) is 0 Å². The summed E-state index contributed by atoms with van der Waals surface area (Å²) in [6, 6.07) is 12.2. The Hall–Kier alpha value is -4.19. The SMILES string of the molecule is COCCOc1cc(F)cc(F)c1-c1c(-c2cc3n(n2)CCN[C@@H]3C)nc(-c2ccc3c(c2)ncn3C)c2ccsc12. The number of nitrogens with one attached hydrogen (secondary N) is 1. The predicted octanol–water partition coefficient (Wildman–Crippen LogP) is 6.35. The summed E-state index contributed by atoms with van der Waals surface area (Å²) in [5.41, 5.74) is 6.26. The topological polar surface area (TPSA) is 79.0 Å². The molecule has 1 atom stereocenters. The highest BCUT2D eigenvalue weighted by molar-refractivity contribution is 7.18. The number of hydrogen-bond acceptors (Lipinski definition) is 7. The molecule has 0 fully saturated rings. The first-order chi connectivity index (χ1) is 20.4. The molecule has 0 bridgehead atoms. The lowest BCUT2D eigenvalue weighted by atomic mass is 9.96. The summed E-state index contributed by atoms with van der Waals surface area (Å²) in [7, 11) is 3.50. The van der Waals surface area contributed by atoms with Gasteiger partial charge >= 0.3 is 0 Å². The fraction of sp³-hybridized carbons (Fsp3) is 0.258. The van der Waals surface area contributed by atoms with E-state index in [4.69, 9.17) is 19.6 Å². The zero-order chi connectivity index (χ0) is 29.0. The molecule has 0 radical (unpaired) electrons. The highest BCUT2D eigenvalue weighted by atomic mass is 32.1. The maximum absolute atomic E-state index is 15.9. The molecule has 4 aromatic heterocycles. The van der Waals surface area contributed by atoms with Crippen LogP contribution in [0.5, 0.6) is 5.75 Å². The number of aryl methyl sites for hydroxylation is 1. The predicted molar refractivity (Wildman–Crippen MR) is 160 cm³/mol.